The molecule has 2 heterocycles. The molecule has 6 nitrogen and oxygen atoms in total. The zero-order valence-electron chi connectivity index (χ0n) is 14.6. The fraction of sp³-hybridized carbons (Fsp3) is 0.765. The molecular weight excluding hydrogens is 294 g/mol. The Bertz CT molecular complexity index is 432. The van der Waals surface area contributed by atoms with Crippen LogP contribution in [0.4, 0.5) is 0 Å². The molecule has 0 saturated carbocycles. The third-order valence-electron chi connectivity index (χ3n) is 4.61. The Morgan fingerprint density at radius 1 is 1.43 bits per heavy atom. The molecule has 1 aromatic heterocycles. The van der Waals surface area contributed by atoms with Crippen molar-refractivity contribution in [3.05, 3.63) is 24.0 Å². The summed E-state index contributed by atoms with van der Waals surface area (Å²) in [5.74, 6) is 0. The van der Waals surface area contributed by atoms with Crippen LogP contribution in [0.25, 0.3) is 0 Å². The normalized spacial score (nSPS) is 18.9. The topological polar surface area (TPSA) is 52.5 Å². The Kier molecular flexibility index (Phi) is 8.05. The van der Waals surface area contributed by atoms with E-state index in [4.69, 9.17) is 9.47 Å². The Morgan fingerprint density at radius 2 is 2.22 bits per heavy atom. The molecule has 0 spiro atoms. The third-order valence-corrected chi connectivity index (χ3v) is 4.61. The molecule has 1 saturated heterocycles. The number of hydrogen-bond donors (Lipinski definition) is 3. The van der Waals surface area contributed by atoms with E-state index < -0.39 is 0 Å². The maximum atomic E-state index is 10.5. The van der Waals surface area contributed by atoms with Gasteiger partial charge in [0.2, 0.25) is 0 Å². The van der Waals surface area contributed by atoms with Crippen molar-refractivity contribution >= 4 is 0 Å². The van der Waals surface area contributed by atoms with Crippen LogP contribution in [-0.2, 0) is 23.1 Å². The first-order valence-electron chi connectivity index (χ1n) is 8.71. The van der Waals surface area contributed by atoms with Gasteiger partial charge in [0.15, 0.2) is 6.10 Å². The van der Waals surface area contributed by atoms with Gasteiger partial charge in [-0.15, -0.1) is 0 Å². The van der Waals surface area contributed by atoms with Gasteiger partial charge in [-0.3, -0.25) is 0 Å². The van der Waals surface area contributed by atoms with E-state index in [-0.39, 0.29) is 6.10 Å². The van der Waals surface area contributed by atoms with E-state index in [0.717, 1.165) is 65.5 Å². The van der Waals surface area contributed by atoms with Gasteiger partial charge in [0.1, 0.15) is 32.7 Å². The highest BCUT2D eigenvalue weighted by molar-refractivity contribution is 5.04. The highest BCUT2D eigenvalue weighted by atomic mass is 16.5. The molecule has 1 aromatic rings. The summed E-state index contributed by atoms with van der Waals surface area (Å²) < 4.78 is 12.7. The van der Waals surface area contributed by atoms with Gasteiger partial charge in [-0.2, -0.15) is 0 Å². The number of ether oxygens (including phenoxy) is 2. The molecule has 1 aliphatic heterocycles. The number of aliphatic hydroxyl groups is 1. The molecule has 0 amide bonds. The molecule has 0 bridgehead atoms. The van der Waals surface area contributed by atoms with Crippen LogP contribution in [0, 0.1) is 0 Å². The number of nitrogens with one attached hydrogen (secondary N) is 2. The lowest BCUT2D eigenvalue weighted by Crippen LogP contribution is -3.17. The number of aliphatic hydroxyl groups excluding tert-OH is 1. The van der Waals surface area contributed by atoms with Gasteiger partial charge in [0, 0.05) is 26.8 Å². The van der Waals surface area contributed by atoms with Crippen LogP contribution in [0.2, 0.25) is 0 Å². The highest BCUT2D eigenvalue weighted by Gasteiger charge is 2.22. The Hall–Kier alpha value is -0.920. The maximum absolute atomic E-state index is 10.5. The molecule has 23 heavy (non-hydrogen) atoms. The number of methoxy groups -OCH3 is 1. The maximum Gasteiger partial charge on any atom is 0.152 e. The van der Waals surface area contributed by atoms with Crippen molar-refractivity contribution in [2.75, 3.05) is 59.7 Å². The summed E-state index contributed by atoms with van der Waals surface area (Å²) in [7, 11) is 3.82. The van der Waals surface area contributed by atoms with Gasteiger partial charge in [0.25, 0.3) is 0 Å². The number of rotatable bonds is 10. The summed E-state index contributed by atoms with van der Waals surface area (Å²) in [6, 6.07) is 4.24. The number of hydrogen-bond acceptors (Lipinski definition) is 3. The van der Waals surface area contributed by atoms with Crippen molar-refractivity contribution in [3.8, 4) is 0 Å². The molecule has 1 unspecified atom stereocenters. The van der Waals surface area contributed by atoms with Crippen LogP contribution in [-0.4, -0.2) is 75.4 Å². The highest BCUT2D eigenvalue weighted by Crippen LogP contribution is 1.96. The largest absolute Gasteiger partial charge is 0.384 e. The molecule has 1 aliphatic rings. The van der Waals surface area contributed by atoms with Crippen molar-refractivity contribution in [3.63, 3.8) is 0 Å². The number of quaternary nitrogens is 2. The van der Waals surface area contributed by atoms with E-state index in [2.05, 4.69) is 29.9 Å². The zero-order valence-corrected chi connectivity index (χ0v) is 14.6. The van der Waals surface area contributed by atoms with Crippen molar-refractivity contribution in [1.82, 2.24) is 4.57 Å². The first-order valence-corrected chi connectivity index (χ1v) is 8.71. The lowest BCUT2D eigenvalue weighted by atomic mass is 10.2. The van der Waals surface area contributed by atoms with Gasteiger partial charge in [0.05, 0.1) is 32.1 Å². The van der Waals surface area contributed by atoms with E-state index in [1.807, 2.05) is 0 Å². The summed E-state index contributed by atoms with van der Waals surface area (Å²) >= 11 is 0. The molecule has 0 radical (unpaired) electrons. The molecule has 6 heteroatoms. The van der Waals surface area contributed by atoms with E-state index in [0.29, 0.717) is 0 Å². The Balaban J connectivity index is 1.83. The van der Waals surface area contributed by atoms with Gasteiger partial charge in [-0.05, 0) is 12.1 Å². The first kappa shape index (κ1) is 18.4. The van der Waals surface area contributed by atoms with E-state index >= 15 is 0 Å². The standard InChI is InChI=1S/C17H31N3O3/c1-18-6-3-5-16(18)13-20(7-4-10-22-2)15-17(21)14-19-8-11-23-12-9-19/h3,5-6,17,21H,4,7-15H2,1-2H3/p+2/t17-/m0/s1. The molecule has 0 aromatic carbocycles. The molecule has 1 fully saturated rings. The Morgan fingerprint density at radius 3 is 2.87 bits per heavy atom. The zero-order chi connectivity index (χ0) is 16.5. The molecule has 2 atom stereocenters. The molecule has 3 N–H and O–H groups in total. The van der Waals surface area contributed by atoms with Crippen molar-refractivity contribution < 1.29 is 24.4 Å². The number of aromatic nitrogens is 1. The predicted octanol–water partition coefficient (Wildman–Crippen LogP) is -2.28. The van der Waals surface area contributed by atoms with Crippen LogP contribution in [0.3, 0.4) is 0 Å². The summed E-state index contributed by atoms with van der Waals surface area (Å²) in [6.07, 6.45) is 2.84. The second kappa shape index (κ2) is 10.1. The van der Waals surface area contributed by atoms with E-state index in [1.165, 1.54) is 15.5 Å². The van der Waals surface area contributed by atoms with E-state index in [1.54, 1.807) is 7.11 Å². The van der Waals surface area contributed by atoms with Crippen LogP contribution >= 0.6 is 0 Å². The predicted molar refractivity (Wildman–Crippen MR) is 88.7 cm³/mol. The second-order valence-electron chi connectivity index (χ2n) is 6.56. The van der Waals surface area contributed by atoms with E-state index in [9.17, 15) is 5.11 Å². The summed E-state index contributed by atoms with van der Waals surface area (Å²) in [5.41, 5.74) is 1.31. The minimum atomic E-state index is -0.263. The van der Waals surface area contributed by atoms with Crippen molar-refractivity contribution in [1.29, 1.82) is 0 Å². The first-order chi connectivity index (χ1) is 11.2. The quantitative estimate of drug-likeness (QED) is 0.425. The minimum absolute atomic E-state index is 0.263. The minimum Gasteiger partial charge on any atom is -0.384 e. The third kappa shape index (κ3) is 6.61. The fourth-order valence-electron chi connectivity index (χ4n) is 3.27. The number of morpholine rings is 1. The van der Waals surface area contributed by atoms with Gasteiger partial charge < -0.3 is 28.9 Å². The monoisotopic (exact) mass is 327 g/mol. The van der Waals surface area contributed by atoms with Gasteiger partial charge in [-0.1, -0.05) is 0 Å². The fourth-order valence-corrected chi connectivity index (χ4v) is 3.27. The average molecular weight is 327 g/mol. The summed E-state index contributed by atoms with van der Waals surface area (Å²) in [5, 5.41) is 10.5. The Labute approximate surface area is 139 Å². The molecule has 2 rings (SSSR count). The SMILES string of the molecule is COCCC[NH+](Cc1cccn1C)C[C@@H](O)C[NH+]1CCOCC1. The van der Waals surface area contributed by atoms with Crippen LogP contribution < -0.4 is 9.80 Å². The van der Waals surface area contributed by atoms with Crippen molar-refractivity contribution in [2.45, 2.75) is 19.1 Å². The molecule has 132 valence electrons. The number of aryl methyl sites for hydroxylation is 1. The van der Waals surface area contributed by atoms with Crippen LogP contribution in [0.15, 0.2) is 18.3 Å². The second-order valence-corrected chi connectivity index (χ2v) is 6.56. The smallest absolute Gasteiger partial charge is 0.152 e. The molecule has 0 aliphatic carbocycles. The molecular formula is C17H33N3O3+2. The average Bonchev–Trinajstić information content (AvgIpc) is 2.93. The summed E-state index contributed by atoms with van der Waals surface area (Å²) in [4.78, 5) is 2.88. The van der Waals surface area contributed by atoms with Crippen molar-refractivity contribution in [2.24, 2.45) is 7.05 Å². The summed E-state index contributed by atoms with van der Waals surface area (Å²) in [6.45, 7) is 8.01. The van der Waals surface area contributed by atoms with Crippen LogP contribution in [0.5, 0.6) is 0 Å². The van der Waals surface area contributed by atoms with Gasteiger partial charge in [-0.25, -0.2) is 0 Å². The lowest BCUT2D eigenvalue weighted by molar-refractivity contribution is -0.935. The number of nitrogens with zero attached hydrogens (tertiary/aromatic N) is 1. The van der Waals surface area contributed by atoms with Gasteiger partial charge >= 0.3 is 0 Å². The lowest BCUT2D eigenvalue weighted by Gasteiger charge is -2.27. The van der Waals surface area contributed by atoms with Crippen LogP contribution in [0.1, 0.15) is 12.1 Å².